The van der Waals surface area contributed by atoms with Gasteiger partial charge in [-0.1, -0.05) is 6.92 Å². The number of carbonyl (C=O) groups is 3. The highest BCUT2D eigenvalue weighted by atomic mass is 16.6. The summed E-state index contributed by atoms with van der Waals surface area (Å²) in [5.41, 5.74) is 0.299. The van der Waals surface area contributed by atoms with Crippen LogP contribution in [-0.4, -0.2) is 49.1 Å². The lowest BCUT2D eigenvalue weighted by molar-refractivity contribution is -0.384. The first kappa shape index (κ1) is 21.1. The number of hydrogen-bond donors (Lipinski definition) is 2. The van der Waals surface area contributed by atoms with Crippen LogP contribution in [0.5, 0.6) is 0 Å². The number of anilines is 1. The summed E-state index contributed by atoms with van der Waals surface area (Å²) in [5, 5.41) is 15.4. The van der Waals surface area contributed by atoms with Crippen LogP contribution in [0.2, 0.25) is 0 Å². The molecule has 0 bridgehead atoms. The number of rotatable bonds is 5. The smallest absolute Gasteiger partial charge is 0.341 e. The van der Waals surface area contributed by atoms with Crippen LogP contribution in [0.25, 0.3) is 0 Å². The Morgan fingerprint density at radius 3 is 2.50 bits per heavy atom. The molecule has 0 aliphatic carbocycles. The van der Waals surface area contributed by atoms with Crippen LogP contribution in [0.4, 0.5) is 16.2 Å². The monoisotopic (exact) mass is 392 g/mol. The molecule has 0 spiro atoms. The zero-order valence-electron chi connectivity index (χ0n) is 16.1. The standard InChI is InChI=1S/C18H24N4O6/c1-11-6-8-21(9-7-11)15-5-4-13(22(26)27)10-14(15)17(24)28-12(2)16(23)20-18(25)19-3/h4-5,10-12H,6-9H2,1-3H3,(H2,19,20,23,25)/t12-/m1/s1. The molecule has 1 saturated heterocycles. The number of esters is 1. The third-order valence-electron chi connectivity index (χ3n) is 4.65. The Bertz CT molecular complexity index is 773. The number of nitrogens with zero attached hydrogens (tertiary/aromatic N) is 2. The van der Waals surface area contributed by atoms with E-state index in [1.54, 1.807) is 0 Å². The predicted octanol–water partition coefficient (Wildman–Crippen LogP) is 1.83. The van der Waals surface area contributed by atoms with Gasteiger partial charge in [-0.15, -0.1) is 0 Å². The van der Waals surface area contributed by atoms with Crippen molar-refractivity contribution in [3.63, 3.8) is 0 Å². The largest absolute Gasteiger partial charge is 0.449 e. The molecule has 1 atom stereocenters. The van der Waals surface area contributed by atoms with E-state index >= 15 is 0 Å². The van der Waals surface area contributed by atoms with Crippen molar-refractivity contribution in [2.24, 2.45) is 5.92 Å². The molecule has 1 aromatic carbocycles. The van der Waals surface area contributed by atoms with Gasteiger partial charge in [0.15, 0.2) is 6.10 Å². The summed E-state index contributed by atoms with van der Waals surface area (Å²) in [4.78, 5) is 48.3. The fourth-order valence-corrected chi connectivity index (χ4v) is 2.88. The summed E-state index contributed by atoms with van der Waals surface area (Å²) in [6, 6.07) is 3.29. The Balaban J connectivity index is 2.24. The lowest BCUT2D eigenvalue weighted by atomic mass is 9.98. The number of nitro groups is 1. The highest BCUT2D eigenvalue weighted by Crippen LogP contribution is 2.30. The van der Waals surface area contributed by atoms with Gasteiger partial charge in [0.25, 0.3) is 11.6 Å². The van der Waals surface area contributed by atoms with E-state index in [2.05, 4.69) is 12.2 Å². The number of benzene rings is 1. The van der Waals surface area contributed by atoms with Crippen molar-refractivity contribution in [3.8, 4) is 0 Å². The molecular formula is C18H24N4O6. The van der Waals surface area contributed by atoms with E-state index < -0.39 is 28.9 Å². The van der Waals surface area contributed by atoms with Crippen LogP contribution < -0.4 is 15.5 Å². The Hall–Kier alpha value is -3.17. The highest BCUT2D eigenvalue weighted by molar-refractivity contribution is 6.00. The van der Waals surface area contributed by atoms with Gasteiger partial charge >= 0.3 is 12.0 Å². The number of ether oxygens (including phenoxy) is 1. The van der Waals surface area contributed by atoms with E-state index in [1.807, 2.05) is 10.2 Å². The van der Waals surface area contributed by atoms with E-state index in [1.165, 1.54) is 26.1 Å². The summed E-state index contributed by atoms with van der Waals surface area (Å²) in [5.74, 6) is -1.10. The minimum absolute atomic E-state index is 0.0170. The Labute approximate surface area is 162 Å². The van der Waals surface area contributed by atoms with E-state index in [0.717, 1.165) is 18.9 Å². The van der Waals surface area contributed by atoms with Crippen molar-refractivity contribution in [2.45, 2.75) is 32.8 Å². The summed E-state index contributed by atoms with van der Waals surface area (Å²) in [7, 11) is 1.34. The topological polar surface area (TPSA) is 131 Å². The van der Waals surface area contributed by atoms with Crippen molar-refractivity contribution >= 4 is 29.3 Å². The van der Waals surface area contributed by atoms with Crippen molar-refractivity contribution < 1.29 is 24.0 Å². The molecule has 1 fully saturated rings. The molecule has 0 saturated carbocycles. The molecule has 1 aliphatic rings. The normalized spacial score (nSPS) is 15.5. The molecule has 2 N–H and O–H groups in total. The second-order valence-corrected chi connectivity index (χ2v) is 6.74. The zero-order chi connectivity index (χ0) is 20.8. The minimum atomic E-state index is -1.25. The Kier molecular flexibility index (Phi) is 6.91. The summed E-state index contributed by atoms with van der Waals surface area (Å²) < 4.78 is 5.15. The maximum atomic E-state index is 12.7. The number of urea groups is 1. The van der Waals surface area contributed by atoms with Crippen molar-refractivity contribution in [3.05, 3.63) is 33.9 Å². The van der Waals surface area contributed by atoms with Crippen LogP contribution in [0.3, 0.4) is 0 Å². The number of hydrogen-bond acceptors (Lipinski definition) is 7. The van der Waals surface area contributed by atoms with Crippen LogP contribution >= 0.6 is 0 Å². The summed E-state index contributed by atoms with van der Waals surface area (Å²) in [6.07, 6.45) is 0.630. The fraction of sp³-hybridized carbons (Fsp3) is 0.500. The molecule has 28 heavy (non-hydrogen) atoms. The second kappa shape index (κ2) is 9.16. The van der Waals surface area contributed by atoms with Crippen molar-refractivity contribution in [2.75, 3.05) is 25.0 Å². The SMILES string of the molecule is CNC(=O)NC(=O)[C@@H](C)OC(=O)c1cc([N+](=O)[O-])ccc1N1CCC(C)CC1. The molecule has 152 valence electrons. The molecule has 10 heteroatoms. The molecule has 0 unspecified atom stereocenters. The van der Waals surface area contributed by atoms with Crippen LogP contribution in [-0.2, 0) is 9.53 Å². The van der Waals surface area contributed by atoms with E-state index in [4.69, 9.17) is 4.74 Å². The Morgan fingerprint density at radius 2 is 1.93 bits per heavy atom. The highest BCUT2D eigenvalue weighted by Gasteiger charge is 2.27. The predicted molar refractivity (Wildman–Crippen MR) is 101 cm³/mol. The van der Waals surface area contributed by atoms with Gasteiger partial charge in [0.05, 0.1) is 16.2 Å². The van der Waals surface area contributed by atoms with Gasteiger partial charge in [0.1, 0.15) is 0 Å². The van der Waals surface area contributed by atoms with Crippen LogP contribution in [0.15, 0.2) is 18.2 Å². The molecule has 0 radical (unpaired) electrons. The fourth-order valence-electron chi connectivity index (χ4n) is 2.88. The lowest BCUT2D eigenvalue weighted by Gasteiger charge is -2.33. The molecular weight excluding hydrogens is 368 g/mol. The van der Waals surface area contributed by atoms with E-state index in [9.17, 15) is 24.5 Å². The minimum Gasteiger partial charge on any atom is -0.449 e. The molecule has 1 aromatic rings. The first-order chi connectivity index (χ1) is 13.2. The van der Waals surface area contributed by atoms with Gasteiger partial charge in [-0.3, -0.25) is 20.2 Å². The molecule has 10 nitrogen and oxygen atoms in total. The first-order valence-corrected chi connectivity index (χ1v) is 8.99. The molecule has 1 aliphatic heterocycles. The maximum absolute atomic E-state index is 12.7. The van der Waals surface area contributed by atoms with Gasteiger partial charge in [-0.25, -0.2) is 9.59 Å². The number of imide groups is 1. The lowest BCUT2D eigenvalue weighted by Crippen LogP contribution is -2.43. The summed E-state index contributed by atoms with van der Waals surface area (Å²) >= 11 is 0. The number of piperidine rings is 1. The van der Waals surface area contributed by atoms with Gasteiger partial charge in [0, 0.05) is 32.3 Å². The number of amides is 3. The average molecular weight is 392 g/mol. The molecule has 1 heterocycles. The van der Waals surface area contributed by atoms with Crippen molar-refractivity contribution in [1.82, 2.24) is 10.6 Å². The first-order valence-electron chi connectivity index (χ1n) is 8.99. The molecule has 2 rings (SSSR count). The van der Waals surface area contributed by atoms with Gasteiger partial charge in [-0.2, -0.15) is 0 Å². The van der Waals surface area contributed by atoms with Crippen molar-refractivity contribution in [1.29, 1.82) is 0 Å². The Morgan fingerprint density at radius 1 is 1.29 bits per heavy atom. The van der Waals surface area contributed by atoms with Crippen LogP contribution in [0, 0.1) is 16.0 Å². The summed E-state index contributed by atoms with van der Waals surface area (Å²) in [6.45, 7) is 4.89. The van der Waals surface area contributed by atoms with Gasteiger partial charge in [-0.05, 0) is 31.7 Å². The third kappa shape index (κ3) is 5.18. The maximum Gasteiger partial charge on any atom is 0.341 e. The van der Waals surface area contributed by atoms with Crippen LogP contribution in [0.1, 0.15) is 37.0 Å². The number of non-ortho nitro benzene ring substituents is 1. The quantitative estimate of drug-likeness (QED) is 0.444. The zero-order valence-corrected chi connectivity index (χ0v) is 16.1. The number of nitro benzene ring substituents is 1. The number of carbonyl (C=O) groups excluding carboxylic acids is 3. The molecule has 3 amide bonds. The van der Waals surface area contributed by atoms with E-state index in [0.29, 0.717) is 24.7 Å². The average Bonchev–Trinajstić information content (AvgIpc) is 2.67. The third-order valence-corrected chi connectivity index (χ3v) is 4.65. The number of nitrogens with one attached hydrogen (secondary N) is 2. The van der Waals surface area contributed by atoms with Gasteiger partial charge in [0.2, 0.25) is 0 Å². The second-order valence-electron chi connectivity index (χ2n) is 6.74. The van der Waals surface area contributed by atoms with E-state index in [-0.39, 0.29) is 11.3 Å². The van der Waals surface area contributed by atoms with Gasteiger partial charge < -0.3 is 15.0 Å². The molecule has 0 aromatic heterocycles.